The molecule has 29 heavy (non-hydrogen) atoms. The number of carbonyl (C=O) groups excluding carboxylic acids is 1. The van der Waals surface area contributed by atoms with Gasteiger partial charge in [-0.05, 0) is 56.4 Å². The number of carbonyl (C=O) groups is 1. The first-order chi connectivity index (χ1) is 14.2. The van der Waals surface area contributed by atoms with Crippen molar-refractivity contribution < 1.29 is 18.7 Å². The Morgan fingerprint density at radius 3 is 2.76 bits per heavy atom. The van der Waals surface area contributed by atoms with Crippen LogP contribution < -0.4 is 10.1 Å². The maximum Gasteiger partial charge on any atom is 0.407 e. The lowest BCUT2D eigenvalue weighted by atomic mass is 9.76. The molecule has 6 heteroatoms. The summed E-state index contributed by atoms with van der Waals surface area (Å²) in [5.41, 5.74) is 0. The van der Waals surface area contributed by atoms with Crippen LogP contribution in [0.1, 0.15) is 58.3 Å². The Hall–Kier alpha value is -1.82. The summed E-state index contributed by atoms with van der Waals surface area (Å²) in [5.74, 6) is 0.903. The summed E-state index contributed by atoms with van der Waals surface area (Å²) >= 11 is 0. The second-order valence-corrected chi connectivity index (χ2v) is 8.22. The minimum atomic E-state index is -0.256. The van der Waals surface area contributed by atoms with Crippen molar-refractivity contribution in [1.82, 2.24) is 10.2 Å². The Kier molecular flexibility index (Phi) is 8.59. The van der Waals surface area contributed by atoms with Gasteiger partial charge in [0.1, 0.15) is 17.7 Å². The second-order valence-electron chi connectivity index (χ2n) is 8.22. The highest BCUT2D eigenvalue weighted by Crippen LogP contribution is 2.37. The number of halogens is 1. The lowest BCUT2D eigenvalue weighted by Gasteiger charge is -2.47. The van der Waals surface area contributed by atoms with E-state index in [9.17, 15) is 9.18 Å². The zero-order chi connectivity index (χ0) is 20.5. The highest BCUT2D eigenvalue weighted by atomic mass is 19.1. The van der Waals surface area contributed by atoms with E-state index in [1.165, 1.54) is 31.4 Å². The van der Waals surface area contributed by atoms with Crippen molar-refractivity contribution in [2.24, 2.45) is 5.92 Å². The Morgan fingerprint density at radius 2 is 1.97 bits per heavy atom. The van der Waals surface area contributed by atoms with E-state index in [0.717, 1.165) is 45.2 Å². The molecule has 0 bridgehead atoms. The molecule has 1 saturated carbocycles. The SMILES string of the molecule is CCCCNC(=O)O[C@H]1CCN(CCCOc2ccc(F)cc2)C2CCCC[C@H]21. The number of unbranched alkanes of at least 4 members (excludes halogenated alkanes) is 1. The molecule has 1 heterocycles. The quantitative estimate of drug-likeness (QED) is 0.601. The standard InChI is InChI=1S/C23H35FN2O3/c1-2-3-14-25-23(27)29-22-13-16-26(21-8-5-4-7-20(21)22)15-6-17-28-19-11-9-18(24)10-12-19/h9-12,20-22H,2-8,13-17H2,1H3,(H,25,27)/t20-,21?,22+/m1/s1. The number of benzene rings is 1. The van der Waals surface area contributed by atoms with Crippen molar-refractivity contribution in [1.29, 1.82) is 0 Å². The molecule has 1 amide bonds. The summed E-state index contributed by atoms with van der Waals surface area (Å²) in [6.07, 6.45) is 8.46. The van der Waals surface area contributed by atoms with Gasteiger partial charge in [0.15, 0.2) is 0 Å². The molecular weight excluding hydrogens is 371 g/mol. The number of nitrogens with one attached hydrogen (secondary N) is 1. The van der Waals surface area contributed by atoms with Gasteiger partial charge in [-0.1, -0.05) is 26.2 Å². The average Bonchev–Trinajstić information content (AvgIpc) is 2.74. The summed E-state index contributed by atoms with van der Waals surface area (Å²) in [5, 5.41) is 2.88. The topological polar surface area (TPSA) is 50.8 Å². The van der Waals surface area contributed by atoms with E-state index in [1.807, 2.05) is 0 Å². The van der Waals surface area contributed by atoms with Gasteiger partial charge in [0.2, 0.25) is 0 Å². The fraction of sp³-hybridized carbons (Fsp3) is 0.696. The molecule has 3 rings (SSSR count). The largest absolute Gasteiger partial charge is 0.494 e. The molecule has 0 radical (unpaired) electrons. The maximum atomic E-state index is 13.0. The molecule has 2 fully saturated rings. The summed E-state index contributed by atoms with van der Waals surface area (Å²) in [6, 6.07) is 6.68. The fourth-order valence-corrected chi connectivity index (χ4v) is 4.66. The lowest BCUT2D eigenvalue weighted by molar-refractivity contribution is -0.0444. The van der Waals surface area contributed by atoms with E-state index in [-0.39, 0.29) is 18.0 Å². The van der Waals surface area contributed by atoms with Crippen LogP contribution in [0.5, 0.6) is 5.75 Å². The van der Waals surface area contributed by atoms with Crippen LogP contribution in [-0.2, 0) is 4.74 Å². The van der Waals surface area contributed by atoms with Crippen LogP contribution in [0.3, 0.4) is 0 Å². The molecule has 1 saturated heterocycles. The average molecular weight is 407 g/mol. The Morgan fingerprint density at radius 1 is 1.17 bits per heavy atom. The third-order valence-corrected chi connectivity index (χ3v) is 6.16. The van der Waals surface area contributed by atoms with E-state index in [0.29, 0.717) is 30.9 Å². The number of likely N-dealkylation sites (tertiary alicyclic amines) is 1. The first-order valence-corrected chi connectivity index (χ1v) is 11.2. The van der Waals surface area contributed by atoms with E-state index in [4.69, 9.17) is 9.47 Å². The van der Waals surface area contributed by atoms with Crippen molar-refractivity contribution >= 4 is 6.09 Å². The van der Waals surface area contributed by atoms with E-state index in [2.05, 4.69) is 17.1 Å². The smallest absolute Gasteiger partial charge is 0.407 e. The summed E-state index contributed by atoms with van der Waals surface area (Å²) in [4.78, 5) is 14.7. The molecule has 0 spiro atoms. The molecule has 1 unspecified atom stereocenters. The number of rotatable bonds is 9. The molecule has 1 aliphatic carbocycles. The Balaban J connectivity index is 1.44. The summed E-state index contributed by atoms with van der Waals surface area (Å²) < 4.78 is 24.5. The van der Waals surface area contributed by atoms with Gasteiger partial charge in [0.25, 0.3) is 0 Å². The van der Waals surface area contributed by atoms with Crippen molar-refractivity contribution in [3.05, 3.63) is 30.1 Å². The van der Waals surface area contributed by atoms with E-state index < -0.39 is 0 Å². The van der Waals surface area contributed by atoms with Crippen LogP contribution in [0.4, 0.5) is 9.18 Å². The molecule has 1 aromatic carbocycles. The predicted octanol–water partition coefficient (Wildman–Crippen LogP) is 4.75. The Bertz CT molecular complexity index is 625. The number of fused-ring (bicyclic) bond motifs is 1. The number of piperidine rings is 1. The second kappa shape index (κ2) is 11.4. The number of nitrogens with zero attached hydrogens (tertiary/aromatic N) is 1. The first kappa shape index (κ1) is 21.9. The van der Waals surface area contributed by atoms with Gasteiger partial charge in [0, 0.05) is 31.6 Å². The van der Waals surface area contributed by atoms with Crippen molar-refractivity contribution in [2.75, 3.05) is 26.2 Å². The molecule has 162 valence electrons. The van der Waals surface area contributed by atoms with Gasteiger partial charge >= 0.3 is 6.09 Å². The minimum Gasteiger partial charge on any atom is -0.494 e. The third kappa shape index (κ3) is 6.59. The highest BCUT2D eigenvalue weighted by molar-refractivity contribution is 5.67. The predicted molar refractivity (Wildman–Crippen MR) is 112 cm³/mol. The van der Waals surface area contributed by atoms with Gasteiger partial charge in [0.05, 0.1) is 6.61 Å². The molecule has 3 atom stereocenters. The van der Waals surface area contributed by atoms with Gasteiger partial charge in [-0.2, -0.15) is 0 Å². The van der Waals surface area contributed by atoms with Gasteiger partial charge in [-0.15, -0.1) is 0 Å². The molecular formula is C23H35FN2O3. The lowest BCUT2D eigenvalue weighted by Crippen LogP contribution is -2.54. The van der Waals surface area contributed by atoms with E-state index >= 15 is 0 Å². The van der Waals surface area contributed by atoms with Crippen LogP contribution in [0.15, 0.2) is 24.3 Å². The molecule has 5 nitrogen and oxygen atoms in total. The van der Waals surface area contributed by atoms with Gasteiger partial charge < -0.3 is 14.8 Å². The van der Waals surface area contributed by atoms with Crippen LogP contribution in [-0.4, -0.2) is 49.4 Å². The maximum absolute atomic E-state index is 13.0. The molecule has 1 aliphatic heterocycles. The molecule has 2 aliphatic rings. The minimum absolute atomic E-state index is 0.0358. The van der Waals surface area contributed by atoms with Gasteiger partial charge in [-0.25, -0.2) is 9.18 Å². The normalized spacial score (nSPS) is 24.6. The third-order valence-electron chi connectivity index (χ3n) is 6.16. The monoisotopic (exact) mass is 406 g/mol. The number of amides is 1. The summed E-state index contributed by atoms with van der Waals surface area (Å²) in [6.45, 7) is 5.37. The molecule has 1 aromatic rings. The summed E-state index contributed by atoms with van der Waals surface area (Å²) in [7, 11) is 0. The number of ether oxygens (including phenoxy) is 2. The number of hydrogen-bond donors (Lipinski definition) is 1. The van der Waals surface area contributed by atoms with Crippen LogP contribution in [0.25, 0.3) is 0 Å². The first-order valence-electron chi connectivity index (χ1n) is 11.2. The van der Waals surface area contributed by atoms with Crippen LogP contribution in [0, 0.1) is 11.7 Å². The molecule has 0 aromatic heterocycles. The zero-order valence-corrected chi connectivity index (χ0v) is 17.6. The van der Waals surface area contributed by atoms with Crippen LogP contribution >= 0.6 is 0 Å². The molecule has 1 N–H and O–H groups in total. The van der Waals surface area contributed by atoms with E-state index in [1.54, 1.807) is 12.1 Å². The number of alkyl carbamates (subject to hydrolysis) is 1. The van der Waals surface area contributed by atoms with Crippen molar-refractivity contribution in [2.45, 2.75) is 70.4 Å². The zero-order valence-electron chi connectivity index (χ0n) is 17.6. The van der Waals surface area contributed by atoms with Crippen LogP contribution in [0.2, 0.25) is 0 Å². The van der Waals surface area contributed by atoms with Gasteiger partial charge in [-0.3, -0.25) is 4.90 Å². The van der Waals surface area contributed by atoms with Crippen molar-refractivity contribution in [3.63, 3.8) is 0 Å². The number of hydrogen-bond acceptors (Lipinski definition) is 4. The fourth-order valence-electron chi connectivity index (χ4n) is 4.66. The Labute approximate surface area is 173 Å². The van der Waals surface area contributed by atoms with Crippen molar-refractivity contribution in [3.8, 4) is 5.75 Å². The highest BCUT2D eigenvalue weighted by Gasteiger charge is 2.40.